The first kappa shape index (κ1) is 9.37. The Kier molecular flexibility index (Phi) is 1.91. The van der Waals surface area contributed by atoms with Gasteiger partial charge in [0, 0.05) is 25.0 Å². The van der Waals surface area contributed by atoms with Gasteiger partial charge < -0.3 is 5.11 Å². The third kappa shape index (κ3) is 1.40. The fourth-order valence-corrected chi connectivity index (χ4v) is 2.85. The van der Waals surface area contributed by atoms with Gasteiger partial charge in [0.1, 0.15) is 0 Å². The summed E-state index contributed by atoms with van der Waals surface area (Å²) in [5, 5.41) is 10.1. The fourth-order valence-electron chi connectivity index (χ4n) is 2.85. The smallest absolute Gasteiger partial charge is 0.0845 e. The predicted octanol–water partition coefficient (Wildman–Crippen LogP) is 1.64. The number of hydrogen-bond donors (Lipinski definition) is 1. The highest BCUT2D eigenvalue weighted by Crippen LogP contribution is 2.53. The molecule has 3 rings (SSSR count). The highest BCUT2D eigenvalue weighted by Gasteiger charge is 2.63. The zero-order valence-electron chi connectivity index (χ0n) is 9.06. The van der Waals surface area contributed by atoms with E-state index in [2.05, 4.69) is 36.1 Å². The fraction of sp³-hybridized carbons (Fsp3) is 0.538. The van der Waals surface area contributed by atoms with Crippen molar-refractivity contribution in [2.24, 2.45) is 5.92 Å². The number of likely N-dealkylation sites (tertiary alicyclic amines) is 1. The second-order valence-electron chi connectivity index (χ2n) is 4.98. The second kappa shape index (κ2) is 3.06. The molecular formula is C13H17NO. The van der Waals surface area contributed by atoms with E-state index >= 15 is 0 Å². The maximum absolute atomic E-state index is 10.1. The molecule has 2 fully saturated rings. The summed E-state index contributed by atoms with van der Waals surface area (Å²) in [6.07, 6.45) is 1.01. The molecule has 1 saturated heterocycles. The summed E-state index contributed by atoms with van der Waals surface area (Å²) in [4.78, 5) is 2.39. The van der Waals surface area contributed by atoms with Crippen molar-refractivity contribution in [3.05, 3.63) is 35.9 Å². The quantitative estimate of drug-likeness (QED) is 0.790. The van der Waals surface area contributed by atoms with Crippen LogP contribution in [0.1, 0.15) is 18.9 Å². The van der Waals surface area contributed by atoms with Crippen LogP contribution in [0.15, 0.2) is 30.3 Å². The van der Waals surface area contributed by atoms with Gasteiger partial charge >= 0.3 is 0 Å². The normalized spacial score (nSPS) is 39.1. The largest absolute Gasteiger partial charge is 0.388 e. The minimum absolute atomic E-state index is 0.322. The molecule has 15 heavy (non-hydrogen) atoms. The number of fused-ring (bicyclic) bond motifs is 1. The highest BCUT2D eigenvalue weighted by molar-refractivity contribution is 5.20. The summed E-state index contributed by atoms with van der Waals surface area (Å²) in [6, 6.07) is 10.8. The van der Waals surface area contributed by atoms with Crippen molar-refractivity contribution in [1.82, 2.24) is 4.90 Å². The molecule has 1 aromatic rings. The Morgan fingerprint density at radius 2 is 2.13 bits per heavy atom. The molecule has 1 aromatic carbocycles. The maximum atomic E-state index is 10.1. The standard InChI is InChI=1S/C13H17NO/c1-10-13(15)7-12(13)9-14(10)8-11-5-3-2-4-6-11/h2-6,10,12,15H,7-9H2,1H3/t10-,12?,13+/m0/s1. The van der Waals surface area contributed by atoms with Gasteiger partial charge in [-0.3, -0.25) is 4.90 Å². The van der Waals surface area contributed by atoms with E-state index in [1.807, 2.05) is 6.07 Å². The lowest BCUT2D eigenvalue weighted by Crippen LogP contribution is -2.36. The monoisotopic (exact) mass is 203 g/mol. The Morgan fingerprint density at radius 1 is 1.40 bits per heavy atom. The SMILES string of the molecule is C[C@@H]1N(Cc2ccccc2)CC2C[C@]21O. The Bertz CT molecular complexity index is 364. The van der Waals surface area contributed by atoms with Gasteiger partial charge in [0.15, 0.2) is 0 Å². The molecule has 1 aliphatic heterocycles. The van der Waals surface area contributed by atoms with Crippen molar-refractivity contribution < 1.29 is 5.11 Å². The Labute approximate surface area is 90.5 Å². The van der Waals surface area contributed by atoms with Crippen LogP contribution in [0.4, 0.5) is 0 Å². The van der Waals surface area contributed by atoms with Gasteiger partial charge in [0.05, 0.1) is 5.60 Å². The highest BCUT2D eigenvalue weighted by atomic mass is 16.3. The summed E-state index contributed by atoms with van der Waals surface area (Å²) in [5.41, 5.74) is 0.989. The molecule has 0 radical (unpaired) electrons. The molecule has 3 atom stereocenters. The molecule has 2 heteroatoms. The molecular weight excluding hydrogens is 186 g/mol. The molecule has 1 N–H and O–H groups in total. The van der Waals surface area contributed by atoms with Gasteiger partial charge in [0.25, 0.3) is 0 Å². The van der Waals surface area contributed by atoms with E-state index in [4.69, 9.17) is 0 Å². The molecule has 80 valence electrons. The maximum Gasteiger partial charge on any atom is 0.0845 e. The van der Waals surface area contributed by atoms with Gasteiger partial charge in [-0.05, 0) is 18.9 Å². The summed E-state index contributed by atoms with van der Waals surface area (Å²) < 4.78 is 0. The summed E-state index contributed by atoms with van der Waals surface area (Å²) in [7, 11) is 0. The van der Waals surface area contributed by atoms with E-state index in [0.717, 1.165) is 19.5 Å². The number of nitrogens with zero attached hydrogens (tertiary/aromatic N) is 1. The minimum atomic E-state index is -0.352. The van der Waals surface area contributed by atoms with Crippen LogP contribution in [0.5, 0.6) is 0 Å². The number of piperidine rings is 1. The van der Waals surface area contributed by atoms with Crippen LogP contribution in [-0.2, 0) is 6.54 Å². The first-order chi connectivity index (χ1) is 7.20. The van der Waals surface area contributed by atoms with Crippen molar-refractivity contribution in [2.75, 3.05) is 6.54 Å². The first-order valence-electron chi connectivity index (χ1n) is 5.70. The van der Waals surface area contributed by atoms with Crippen molar-refractivity contribution in [3.63, 3.8) is 0 Å². The summed E-state index contributed by atoms with van der Waals surface area (Å²) in [5.74, 6) is 0.538. The molecule has 0 spiro atoms. The van der Waals surface area contributed by atoms with Crippen LogP contribution in [0.25, 0.3) is 0 Å². The molecule has 0 aromatic heterocycles. The molecule has 1 unspecified atom stereocenters. The van der Waals surface area contributed by atoms with E-state index in [0.29, 0.717) is 12.0 Å². The predicted molar refractivity (Wildman–Crippen MR) is 59.4 cm³/mol. The number of hydrogen-bond acceptors (Lipinski definition) is 2. The van der Waals surface area contributed by atoms with E-state index in [-0.39, 0.29) is 5.60 Å². The summed E-state index contributed by atoms with van der Waals surface area (Å²) in [6.45, 7) is 4.18. The van der Waals surface area contributed by atoms with Gasteiger partial charge in [-0.2, -0.15) is 0 Å². The van der Waals surface area contributed by atoms with Crippen LogP contribution in [0.2, 0.25) is 0 Å². The Hall–Kier alpha value is -0.860. The number of aliphatic hydroxyl groups is 1. The lowest BCUT2D eigenvalue weighted by Gasteiger charge is -2.26. The van der Waals surface area contributed by atoms with Crippen molar-refractivity contribution in [2.45, 2.75) is 31.5 Å². The third-order valence-electron chi connectivity index (χ3n) is 4.07. The third-order valence-corrected chi connectivity index (χ3v) is 4.07. The molecule has 0 bridgehead atoms. The van der Waals surface area contributed by atoms with E-state index in [9.17, 15) is 5.11 Å². The van der Waals surface area contributed by atoms with Gasteiger partial charge in [-0.1, -0.05) is 30.3 Å². The van der Waals surface area contributed by atoms with Crippen LogP contribution in [0, 0.1) is 5.92 Å². The van der Waals surface area contributed by atoms with Crippen molar-refractivity contribution in [3.8, 4) is 0 Å². The van der Waals surface area contributed by atoms with Crippen molar-refractivity contribution in [1.29, 1.82) is 0 Å². The van der Waals surface area contributed by atoms with Gasteiger partial charge in [0.2, 0.25) is 0 Å². The molecule has 1 aliphatic carbocycles. The van der Waals surface area contributed by atoms with E-state index in [1.165, 1.54) is 5.56 Å². The zero-order chi connectivity index (χ0) is 10.5. The average Bonchev–Trinajstić information content (AvgIpc) is 2.84. The molecule has 0 amide bonds. The van der Waals surface area contributed by atoms with Crippen LogP contribution < -0.4 is 0 Å². The van der Waals surface area contributed by atoms with Crippen LogP contribution >= 0.6 is 0 Å². The average molecular weight is 203 g/mol. The first-order valence-corrected chi connectivity index (χ1v) is 5.70. The molecule has 1 saturated carbocycles. The number of rotatable bonds is 2. The molecule has 2 nitrogen and oxygen atoms in total. The number of benzene rings is 1. The van der Waals surface area contributed by atoms with E-state index in [1.54, 1.807) is 0 Å². The van der Waals surface area contributed by atoms with Gasteiger partial charge in [-0.25, -0.2) is 0 Å². The molecule has 1 heterocycles. The molecule has 2 aliphatic rings. The topological polar surface area (TPSA) is 23.5 Å². The lowest BCUT2D eigenvalue weighted by atomic mass is 10.1. The van der Waals surface area contributed by atoms with Crippen molar-refractivity contribution >= 4 is 0 Å². The lowest BCUT2D eigenvalue weighted by molar-refractivity contribution is 0.0746. The second-order valence-corrected chi connectivity index (χ2v) is 4.98. The summed E-state index contributed by atoms with van der Waals surface area (Å²) >= 11 is 0. The van der Waals surface area contributed by atoms with Crippen LogP contribution in [-0.4, -0.2) is 28.2 Å². The minimum Gasteiger partial charge on any atom is -0.388 e. The Balaban J connectivity index is 1.71. The van der Waals surface area contributed by atoms with E-state index < -0.39 is 0 Å². The van der Waals surface area contributed by atoms with Gasteiger partial charge in [-0.15, -0.1) is 0 Å². The Morgan fingerprint density at radius 3 is 2.73 bits per heavy atom. The zero-order valence-corrected chi connectivity index (χ0v) is 9.06. The van der Waals surface area contributed by atoms with Crippen LogP contribution in [0.3, 0.4) is 0 Å².